The summed E-state index contributed by atoms with van der Waals surface area (Å²) >= 11 is 0. The molecule has 0 aromatic heterocycles. The van der Waals surface area contributed by atoms with E-state index in [-0.39, 0.29) is 0 Å². The lowest BCUT2D eigenvalue weighted by atomic mass is 9.70. The van der Waals surface area contributed by atoms with Gasteiger partial charge in [-0.05, 0) is 54.6 Å². The van der Waals surface area contributed by atoms with Crippen molar-refractivity contribution in [3.05, 3.63) is 35.4 Å². The van der Waals surface area contributed by atoms with E-state index in [1.54, 1.807) is 11.1 Å². The average Bonchev–Trinajstić information content (AvgIpc) is 2.70. The molecule has 0 saturated heterocycles. The topological polar surface area (TPSA) is 12.0 Å². The zero-order valence-electron chi connectivity index (χ0n) is 12.6. The fourth-order valence-electron chi connectivity index (χ4n) is 4.49. The van der Waals surface area contributed by atoms with E-state index in [1.165, 1.54) is 32.1 Å². The van der Waals surface area contributed by atoms with Crippen LogP contribution in [0.3, 0.4) is 0 Å². The van der Waals surface area contributed by atoms with Gasteiger partial charge in [0.15, 0.2) is 0 Å². The predicted octanol–water partition coefficient (Wildman–Crippen LogP) is 4.48. The van der Waals surface area contributed by atoms with E-state index in [4.69, 9.17) is 0 Å². The maximum atomic E-state index is 3.96. The summed E-state index contributed by atoms with van der Waals surface area (Å²) in [5, 5.41) is 3.96. The molecule has 1 saturated carbocycles. The maximum Gasteiger partial charge on any atom is 0.0328 e. The molecular formula is C18H27N. The van der Waals surface area contributed by atoms with Crippen LogP contribution in [-0.2, 0) is 6.42 Å². The second kappa shape index (κ2) is 4.94. The minimum atomic E-state index is 0.507. The van der Waals surface area contributed by atoms with Gasteiger partial charge in [-0.3, -0.25) is 0 Å². The van der Waals surface area contributed by atoms with E-state index >= 15 is 0 Å². The van der Waals surface area contributed by atoms with Gasteiger partial charge in [0.25, 0.3) is 0 Å². The third-order valence-electron chi connectivity index (χ3n) is 4.96. The van der Waals surface area contributed by atoms with Crippen LogP contribution < -0.4 is 5.32 Å². The van der Waals surface area contributed by atoms with Crippen molar-refractivity contribution in [2.24, 2.45) is 11.3 Å². The first kappa shape index (κ1) is 13.2. The Hall–Kier alpha value is -0.820. The molecule has 1 heteroatoms. The summed E-state index contributed by atoms with van der Waals surface area (Å²) in [6, 6.07) is 10.3. The largest absolute Gasteiger partial charge is 0.307 e. The first-order chi connectivity index (χ1) is 9.03. The van der Waals surface area contributed by atoms with Crippen LogP contribution in [0.5, 0.6) is 0 Å². The maximum absolute atomic E-state index is 3.96. The van der Waals surface area contributed by atoms with E-state index in [2.05, 4.69) is 50.4 Å². The van der Waals surface area contributed by atoms with Crippen molar-refractivity contribution in [3.8, 4) is 0 Å². The van der Waals surface area contributed by atoms with Gasteiger partial charge in [-0.15, -0.1) is 0 Å². The Balaban J connectivity index is 1.69. The van der Waals surface area contributed by atoms with Crippen LogP contribution in [0.1, 0.15) is 63.6 Å². The van der Waals surface area contributed by atoms with Gasteiger partial charge >= 0.3 is 0 Å². The lowest BCUT2D eigenvalue weighted by molar-refractivity contribution is 0.144. The highest BCUT2D eigenvalue weighted by Gasteiger charge is 2.34. The molecule has 0 heterocycles. The fourth-order valence-corrected chi connectivity index (χ4v) is 4.49. The van der Waals surface area contributed by atoms with Gasteiger partial charge in [-0.2, -0.15) is 0 Å². The van der Waals surface area contributed by atoms with Crippen molar-refractivity contribution in [3.63, 3.8) is 0 Å². The second-order valence-electron chi connectivity index (χ2n) is 7.57. The second-order valence-corrected chi connectivity index (χ2v) is 7.57. The molecule has 19 heavy (non-hydrogen) atoms. The van der Waals surface area contributed by atoms with Gasteiger partial charge in [-0.1, -0.05) is 45.0 Å². The summed E-state index contributed by atoms with van der Waals surface area (Å²) in [5.74, 6) is 0.859. The molecule has 0 bridgehead atoms. The summed E-state index contributed by atoms with van der Waals surface area (Å²) in [7, 11) is 0. The van der Waals surface area contributed by atoms with Gasteiger partial charge in [0.2, 0.25) is 0 Å². The minimum Gasteiger partial charge on any atom is -0.307 e. The van der Waals surface area contributed by atoms with E-state index in [0.29, 0.717) is 17.5 Å². The molecule has 1 aromatic rings. The van der Waals surface area contributed by atoms with Crippen molar-refractivity contribution in [1.29, 1.82) is 0 Å². The minimum absolute atomic E-state index is 0.507. The summed E-state index contributed by atoms with van der Waals surface area (Å²) < 4.78 is 0. The SMILES string of the molecule is CC1CC(NC2CCc3ccccc32)CC(C)(C)C1. The van der Waals surface area contributed by atoms with Crippen molar-refractivity contribution in [2.75, 3.05) is 0 Å². The van der Waals surface area contributed by atoms with E-state index < -0.39 is 0 Å². The molecule has 1 fully saturated rings. The number of rotatable bonds is 2. The Labute approximate surface area is 117 Å². The monoisotopic (exact) mass is 257 g/mol. The Morgan fingerprint density at radius 1 is 1.16 bits per heavy atom. The first-order valence-electron chi connectivity index (χ1n) is 7.87. The number of fused-ring (bicyclic) bond motifs is 1. The van der Waals surface area contributed by atoms with E-state index in [1.807, 2.05) is 0 Å². The third kappa shape index (κ3) is 2.86. The summed E-state index contributed by atoms with van der Waals surface area (Å²) in [5.41, 5.74) is 3.62. The first-order valence-corrected chi connectivity index (χ1v) is 7.87. The van der Waals surface area contributed by atoms with E-state index in [9.17, 15) is 0 Å². The van der Waals surface area contributed by atoms with Gasteiger partial charge in [0.1, 0.15) is 0 Å². The third-order valence-corrected chi connectivity index (χ3v) is 4.96. The highest BCUT2D eigenvalue weighted by molar-refractivity contribution is 5.34. The van der Waals surface area contributed by atoms with Gasteiger partial charge in [0, 0.05) is 12.1 Å². The molecule has 1 nitrogen and oxygen atoms in total. The molecule has 0 spiro atoms. The van der Waals surface area contributed by atoms with E-state index in [0.717, 1.165) is 5.92 Å². The smallest absolute Gasteiger partial charge is 0.0328 e. The standard InChI is InChI=1S/C18H27N/c1-13-10-15(12-18(2,3)11-13)19-17-9-8-14-6-4-5-7-16(14)17/h4-7,13,15,17,19H,8-12H2,1-3H3. The van der Waals surface area contributed by atoms with Crippen LogP contribution in [0, 0.1) is 11.3 Å². The summed E-state index contributed by atoms with van der Waals surface area (Å²) in [6.45, 7) is 7.28. The number of benzene rings is 1. The Bertz CT molecular complexity index is 449. The zero-order valence-corrected chi connectivity index (χ0v) is 12.6. The quantitative estimate of drug-likeness (QED) is 0.823. The van der Waals surface area contributed by atoms with Crippen LogP contribution >= 0.6 is 0 Å². The molecule has 3 atom stereocenters. The number of nitrogens with one attached hydrogen (secondary N) is 1. The fraction of sp³-hybridized carbons (Fsp3) is 0.667. The lowest BCUT2D eigenvalue weighted by Gasteiger charge is -2.40. The highest BCUT2D eigenvalue weighted by atomic mass is 15.0. The van der Waals surface area contributed by atoms with Crippen LogP contribution in [0.2, 0.25) is 0 Å². The van der Waals surface area contributed by atoms with Crippen molar-refractivity contribution in [1.82, 2.24) is 5.32 Å². The molecule has 0 amide bonds. The predicted molar refractivity (Wildman–Crippen MR) is 81.2 cm³/mol. The summed E-state index contributed by atoms with van der Waals surface area (Å²) in [6.07, 6.45) is 6.59. The number of aryl methyl sites for hydroxylation is 1. The highest BCUT2D eigenvalue weighted by Crippen LogP contribution is 2.40. The molecule has 1 aromatic carbocycles. The molecule has 104 valence electrons. The lowest BCUT2D eigenvalue weighted by Crippen LogP contribution is -2.41. The molecular weight excluding hydrogens is 230 g/mol. The zero-order chi connectivity index (χ0) is 13.5. The average molecular weight is 257 g/mol. The number of hydrogen-bond donors (Lipinski definition) is 1. The molecule has 3 rings (SSSR count). The van der Waals surface area contributed by atoms with Crippen LogP contribution in [0.15, 0.2) is 24.3 Å². The van der Waals surface area contributed by atoms with Crippen molar-refractivity contribution >= 4 is 0 Å². The Kier molecular flexibility index (Phi) is 3.42. The molecule has 2 aliphatic rings. The number of hydrogen-bond acceptors (Lipinski definition) is 1. The summed E-state index contributed by atoms with van der Waals surface area (Å²) in [4.78, 5) is 0. The molecule has 1 N–H and O–H groups in total. The van der Waals surface area contributed by atoms with Gasteiger partial charge in [0.05, 0.1) is 0 Å². The van der Waals surface area contributed by atoms with Gasteiger partial charge < -0.3 is 5.32 Å². The van der Waals surface area contributed by atoms with Crippen LogP contribution in [-0.4, -0.2) is 6.04 Å². The Morgan fingerprint density at radius 2 is 1.95 bits per heavy atom. The van der Waals surface area contributed by atoms with Gasteiger partial charge in [-0.25, -0.2) is 0 Å². The Morgan fingerprint density at radius 3 is 2.74 bits per heavy atom. The van der Waals surface area contributed by atoms with Crippen molar-refractivity contribution in [2.45, 2.75) is 65.0 Å². The molecule has 2 aliphatic carbocycles. The molecule has 0 radical (unpaired) electrons. The van der Waals surface area contributed by atoms with Crippen LogP contribution in [0.25, 0.3) is 0 Å². The van der Waals surface area contributed by atoms with Crippen LogP contribution in [0.4, 0.5) is 0 Å². The normalized spacial score (nSPS) is 33.1. The molecule has 0 aliphatic heterocycles. The van der Waals surface area contributed by atoms with Crippen molar-refractivity contribution < 1.29 is 0 Å². The molecule has 3 unspecified atom stereocenters.